The highest BCUT2D eigenvalue weighted by molar-refractivity contribution is 5.86. The highest BCUT2D eigenvalue weighted by Crippen LogP contribution is 2.44. The number of carbonyl (C=O) groups excluding carboxylic acids is 1. The second-order valence-electron chi connectivity index (χ2n) is 8.43. The number of hydrogen-bond donors (Lipinski definition) is 3. The maximum atomic E-state index is 12.6. The summed E-state index contributed by atoms with van der Waals surface area (Å²) in [6, 6.07) is 21.0. The summed E-state index contributed by atoms with van der Waals surface area (Å²) in [6.07, 6.45) is 1.21. The first-order valence-electron chi connectivity index (χ1n) is 10.9. The van der Waals surface area contributed by atoms with Crippen LogP contribution in [-0.4, -0.2) is 34.8 Å². The fourth-order valence-electron chi connectivity index (χ4n) is 4.67. The van der Waals surface area contributed by atoms with E-state index in [2.05, 4.69) is 22.4 Å². The third-order valence-electron chi connectivity index (χ3n) is 6.28. The first kappa shape index (κ1) is 20.8. The summed E-state index contributed by atoms with van der Waals surface area (Å²) in [7, 11) is 0. The van der Waals surface area contributed by atoms with Crippen LogP contribution in [0.5, 0.6) is 0 Å². The molecule has 3 aromatic carbocycles. The molecule has 1 aromatic heterocycles. The first-order chi connectivity index (χ1) is 16.0. The number of H-pyrrole nitrogens is 1. The fraction of sp³-hybridized carbons (Fsp3) is 0.185. The lowest BCUT2D eigenvalue weighted by molar-refractivity contribution is -0.139. The molecule has 6 heteroatoms. The molecule has 1 unspecified atom stereocenters. The maximum Gasteiger partial charge on any atom is 0.407 e. The predicted molar refractivity (Wildman–Crippen MR) is 126 cm³/mol. The lowest BCUT2D eigenvalue weighted by atomic mass is 9.98. The summed E-state index contributed by atoms with van der Waals surface area (Å²) in [5.41, 5.74) is 7.38. The van der Waals surface area contributed by atoms with E-state index in [0.717, 1.165) is 44.3 Å². The molecule has 6 nitrogen and oxygen atoms in total. The van der Waals surface area contributed by atoms with Gasteiger partial charge in [0, 0.05) is 29.4 Å². The molecule has 0 bridgehead atoms. The summed E-state index contributed by atoms with van der Waals surface area (Å²) in [6.45, 7) is 2.14. The molecule has 1 aliphatic rings. The number of alkyl carbamates (subject to hydrolysis) is 1. The fourth-order valence-corrected chi connectivity index (χ4v) is 4.67. The van der Waals surface area contributed by atoms with Gasteiger partial charge in [0.25, 0.3) is 0 Å². The standard InChI is InChI=1S/C27H24N2O4/c1-16-10-11-18-17(14-28-24(18)12-16)13-25(26(30)31)29-27(32)33-15-23-21-8-4-2-6-19(21)20-7-3-5-9-22(20)23/h2-12,14,23,25,28H,13,15H2,1H3,(H,29,32)(H,30,31). The average molecular weight is 440 g/mol. The van der Waals surface area contributed by atoms with Crippen LogP contribution in [0.4, 0.5) is 4.79 Å². The highest BCUT2D eigenvalue weighted by atomic mass is 16.5. The van der Waals surface area contributed by atoms with Crippen LogP contribution in [-0.2, 0) is 16.0 Å². The van der Waals surface area contributed by atoms with E-state index >= 15 is 0 Å². The number of carboxylic acid groups (broad SMARTS) is 1. The number of fused-ring (bicyclic) bond motifs is 4. The second kappa shape index (κ2) is 8.47. The van der Waals surface area contributed by atoms with Crippen molar-refractivity contribution in [2.45, 2.75) is 25.3 Å². The molecule has 0 radical (unpaired) electrons. The number of benzene rings is 3. The number of aryl methyl sites for hydroxylation is 1. The Balaban J connectivity index is 1.28. The number of carbonyl (C=O) groups is 2. The van der Waals surface area contributed by atoms with Crippen molar-refractivity contribution in [2.24, 2.45) is 0 Å². The molecule has 0 aliphatic heterocycles. The van der Waals surface area contributed by atoms with Crippen molar-refractivity contribution >= 4 is 23.0 Å². The summed E-state index contributed by atoms with van der Waals surface area (Å²) in [5, 5.41) is 13.2. The molecule has 0 fully saturated rings. The Labute approximate surface area is 191 Å². The Morgan fingerprint density at radius 1 is 1.03 bits per heavy atom. The van der Waals surface area contributed by atoms with Gasteiger partial charge in [-0.2, -0.15) is 0 Å². The normalized spacial score (nSPS) is 13.4. The van der Waals surface area contributed by atoms with Crippen molar-refractivity contribution in [3.05, 3.63) is 95.2 Å². The van der Waals surface area contributed by atoms with E-state index in [1.807, 2.05) is 61.5 Å². The van der Waals surface area contributed by atoms with Gasteiger partial charge in [-0.3, -0.25) is 0 Å². The minimum Gasteiger partial charge on any atom is -0.480 e. The van der Waals surface area contributed by atoms with Gasteiger partial charge in [-0.1, -0.05) is 60.7 Å². The van der Waals surface area contributed by atoms with E-state index < -0.39 is 18.1 Å². The van der Waals surface area contributed by atoms with E-state index in [1.165, 1.54) is 0 Å². The van der Waals surface area contributed by atoms with Gasteiger partial charge in [-0.25, -0.2) is 9.59 Å². The lowest BCUT2D eigenvalue weighted by Crippen LogP contribution is -2.42. The minimum absolute atomic E-state index is 0.0803. The van der Waals surface area contributed by atoms with Crippen LogP contribution in [0.15, 0.2) is 72.9 Å². The summed E-state index contributed by atoms with van der Waals surface area (Å²) in [5.74, 6) is -1.19. The number of amides is 1. The molecular weight excluding hydrogens is 416 g/mol. The topological polar surface area (TPSA) is 91.4 Å². The predicted octanol–water partition coefficient (Wildman–Crippen LogP) is 5.01. The molecule has 5 rings (SSSR count). The van der Waals surface area contributed by atoms with Crippen LogP contribution in [0.25, 0.3) is 22.0 Å². The number of ether oxygens (including phenoxy) is 1. The Bertz CT molecular complexity index is 1310. The number of hydrogen-bond acceptors (Lipinski definition) is 3. The largest absolute Gasteiger partial charge is 0.480 e. The molecule has 33 heavy (non-hydrogen) atoms. The SMILES string of the molecule is Cc1ccc2c(CC(NC(=O)OCC3c4ccccc4-c4ccccc43)C(=O)O)c[nH]c2c1. The molecule has 1 atom stereocenters. The van der Waals surface area contributed by atoms with Gasteiger partial charge in [0.15, 0.2) is 0 Å². The third kappa shape index (κ3) is 3.96. The Morgan fingerprint density at radius 2 is 1.70 bits per heavy atom. The molecule has 1 heterocycles. The van der Waals surface area contributed by atoms with Crippen LogP contribution >= 0.6 is 0 Å². The number of aromatic nitrogens is 1. The summed E-state index contributed by atoms with van der Waals surface area (Å²) < 4.78 is 5.52. The molecule has 1 amide bonds. The van der Waals surface area contributed by atoms with Crippen LogP contribution in [0.2, 0.25) is 0 Å². The zero-order valence-electron chi connectivity index (χ0n) is 18.2. The van der Waals surface area contributed by atoms with Crippen molar-refractivity contribution in [2.75, 3.05) is 6.61 Å². The zero-order valence-corrected chi connectivity index (χ0v) is 18.2. The Kier molecular flexibility index (Phi) is 5.34. The van der Waals surface area contributed by atoms with Gasteiger partial charge in [0.1, 0.15) is 12.6 Å². The molecule has 1 aliphatic carbocycles. The number of carboxylic acids is 1. The van der Waals surface area contributed by atoms with Crippen molar-refractivity contribution < 1.29 is 19.4 Å². The van der Waals surface area contributed by atoms with Crippen molar-refractivity contribution in [3.8, 4) is 11.1 Å². The van der Waals surface area contributed by atoms with Crippen molar-refractivity contribution in [3.63, 3.8) is 0 Å². The molecule has 0 saturated heterocycles. The van der Waals surface area contributed by atoms with Gasteiger partial charge >= 0.3 is 12.1 Å². The van der Waals surface area contributed by atoms with Gasteiger partial charge in [0.2, 0.25) is 0 Å². The van der Waals surface area contributed by atoms with Gasteiger partial charge in [0.05, 0.1) is 0 Å². The number of rotatable bonds is 6. The molecule has 4 aromatic rings. The molecule has 0 saturated carbocycles. The Hall–Kier alpha value is -4.06. The van der Waals surface area contributed by atoms with E-state index in [1.54, 1.807) is 6.20 Å². The quantitative estimate of drug-likeness (QED) is 0.393. The monoisotopic (exact) mass is 440 g/mol. The Morgan fingerprint density at radius 3 is 2.36 bits per heavy atom. The third-order valence-corrected chi connectivity index (χ3v) is 6.28. The molecule has 3 N–H and O–H groups in total. The maximum absolute atomic E-state index is 12.6. The molecule has 0 spiro atoms. The summed E-state index contributed by atoms with van der Waals surface area (Å²) in [4.78, 5) is 27.6. The molecular formula is C27H24N2O4. The van der Waals surface area contributed by atoms with Crippen molar-refractivity contribution in [1.82, 2.24) is 10.3 Å². The van der Waals surface area contributed by atoms with Crippen molar-refractivity contribution in [1.29, 1.82) is 0 Å². The van der Waals surface area contributed by atoms with E-state index in [4.69, 9.17) is 4.74 Å². The van der Waals surface area contributed by atoms with Crippen LogP contribution in [0.3, 0.4) is 0 Å². The van der Waals surface area contributed by atoms with Gasteiger partial charge < -0.3 is 20.1 Å². The number of aromatic amines is 1. The average Bonchev–Trinajstić information content (AvgIpc) is 3.35. The van der Waals surface area contributed by atoms with E-state index in [-0.39, 0.29) is 18.9 Å². The lowest BCUT2D eigenvalue weighted by Gasteiger charge is -2.17. The van der Waals surface area contributed by atoms with E-state index in [9.17, 15) is 14.7 Å². The van der Waals surface area contributed by atoms with Gasteiger partial charge in [-0.15, -0.1) is 0 Å². The minimum atomic E-state index is -1.11. The zero-order chi connectivity index (χ0) is 22.9. The van der Waals surface area contributed by atoms with Crippen LogP contribution in [0, 0.1) is 6.92 Å². The smallest absolute Gasteiger partial charge is 0.407 e. The first-order valence-corrected chi connectivity index (χ1v) is 10.9. The van der Waals surface area contributed by atoms with Gasteiger partial charge in [-0.05, 0) is 46.4 Å². The number of aliphatic carboxylic acids is 1. The van der Waals surface area contributed by atoms with Crippen LogP contribution in [0.1, 0.15) is 28.2 Å². The molecule has 166 valence electrons. The summed E-state index contributed by atoms with van der Waals surface area (Å²) >= 11 is 0. The second-order valence-corrected chi connectivity index (χ2v) is 8.43. The van der Waals surface area contributed by atoms with Crippen LogP contribution < -0.4 is 5.32 Å². The van der Waals surface area contributed by atoms with E-state index in [0.29, 0.717) is 0 Å². The number of nitrogens with one attached hydrogen (secondary N) is 2. The highest BCUT2D eigenvalue weighted by Gasteiger charge is 2.30.